The van der Waals surface area contributed by atoms with Crippen LogP contribution in [0.4, 0.5) is 14.5 Å². The van der Waals surface area contributed by atoms with Crippen molar-refractivity contribution in [2.75, 3.05) is 17.9 Å². The molecule has 2 aliphatic heterocycles. The summed E-state index contributed by atoms with van der Waals surface area (Å²) in [6.07, 6.45) is -3.27. The molecule has 1 fully saturated rings. The lowest BCUT2D eigenvalue weighted by Crippen LogP contribution is -2.36. The molecule has 168 valence electrons. The van der Waals surface area contributed by atoms with Gasteiger partial charge in [-0.1, -0.05) is 32.0 Å². The van der Waals surface area contributed by atoms with Gasteiger partial charge in [0.15, 0.2) is 17.1 Å². The third kappa shape index (κ3) is 3.55. The number of anilines is 1. The summed E-state index contributed by atoms with van der Waals surface area (Å²) in [7, 11) is 0. The first-order valence-electron chi connectivity index (χ1n) is 10.5. The SMILES string of the molecule is Cc1ccc2c(NC(c3cccc4c3OCO4)C3(CSC(C)C)OC3(F)F)cccc2n1. The summed E-state index contributed by atoms with van der Waals surface area (Å²) in [4.78, 5) is 4.57. The molecule has 0 amide bonds. The number of nitrogens with one attached hydrogen (secondary N) is 1. The highest BCUT2D eigenvalue weighted by Gasteiger charge is 2.78. The quantitative estimate of drug-likeness (QED) is 0.443. The number of pyridine rings is 1. The zero-order chi connectivity index (χ0) is 22.5. The van der Waals surface area contributed by atoms with Crippen LogP contribution in [0, 0.1) is 6.92 Å². The molecular formula is C24H24F2N2O3S. The standard InChI is InChI=1S/C24H24F2N2O3S/c1-14(2)32-12-23(24(25,26)31-23)22(17-6-4-9-20-21(17)30-13-29-20)28-19-8-5-7-18-16(19)11-10-15(3)27-18/h4-11,14,22,28H,12-13H2,1-3H3. The second-order valence-corrected chi connectivity index (χ2v) is 9.92. The van der Waals surface area contributed by atoms with Crippen molar-refractivity contribution in [1.29, 1.82) is 0 Å². The van der Waals surface area contributed by atoms with Crippen molar-refractivity contribution in [2.24, 2.45) is 0 Å². The number of epoxide rings is 1. The molecule has 32 heavy (non-hydrogen) atoms. The van der Waals surface area contributed by atoms with Crippen LogP contribution >= 0.6 is 11.8 Å². The van der Waals surface area contributed by atoms with Crippen LogP contribution in [0.1, 0.15) is 31.1 Å². The highest BCUT2D eigenvalue weighted by atomic mass is 32.2. The van der Waals surface area contributed by atoms with Crippen LogP contribution in [0.2, 0.25) is 0 Å². The van der Waals surface area contributed by atoms with Crippen LogP contribution in [0.25, 0.3) is 10.9 Å². The molecule has 3 aromatic rings. The minimum absolute atomic E-state index is 0.0571. The van der Waals surface area contributed by atoms with Crippen molar-refractivity contribution in [3.63, 3.8) is 0 Å². The summed E-state index contributed by atoms with van der Waals surface area (Å²) >= 11 is 1.45. The maximum absolute atomic E-state index is 14.9. The maximum Gasteiger partial charge on any atom is 0.389 e. The number of aromatic nitrogens is 1. The zero-order valence-electron chi connectivity index (χ0n) is 18.0. The summed E-state index contributed by atoms with van der Waals surface area (Å²) in [5.41, 5.74) is 1.25. The van der Waals surface area contributed by atoms with Gasteiger partial charge in [0.05, 0.1) is 11.6 Å². The highest BCUT2D eigenvalue weighted by molar-refractivity contribution is 7.99. The molecule has 8 heteroatoms. The van der Waals surface area contributed by atoms with Crippen molar-refractivity contribution in [1.82, 2.24) is 4.98 Å². The molecular weight excluding hydrogens is 434 g/mol. The van der Waals surface area contributed by atoms with E-state index in [4.69, 9.17) is 14.2 Å². The Bertz CT molecular complexity index is 1170. The van der Waals surface area contributed by atoms with E-state index >= 15 is 0 Å². The third-order valence-electron chi connectivity index (χ3n) is 5.77. The van der Waals surface area contributed by atoms with Crippen molar-refractivity contribution in [3.05, 3.63) is 59.8 Å². The van der Waals surface area contributed by atoms with Gasteiger partial charge in [0, 0.05) is 28.1 Å². The Morgan fingerprint density at radius 2 is 1.88 bits per heavy atom. The molecule has 1 saturated heterocycles. The minimum atomic E-state index is -3.27. The molecule has 0 bridgehead atoms. The Morgan fingerprint density at radius 3 is 2.62 bits per heavy atom. The lowest BCUT2D eigenvalue weighted by Gasteiger charge is -2.28. The van der Waals surface area contributed by atoms with Crippen LogP contribution in [0.3, 0.4) is 0 Å². The van der Waals surface area contributed by atoms with Gasteiger partial charge >= 0.3 is 6.11 Å². The predicted octanol–water partition coefficient (Wildman–Crippen LogP) is 5.93. The number of ether oxygens (including phenoxy) is 3. The highest BCUT2D eigenvalue weighted by Crippen LogP contribution is 2.61. The summed E-state index contributed by atoms with van der Waals surface area (Å²) < 4.78 is 46.2. The van der Waals surface area contributed by atoms with Crippen LogP contribution in [-0.2, 0) is 4.74 Å². The van der Waals surface area contributed by atoms with Crippen LogP contribution in [0.15, 0.2) is 48.5 Å². The van der Waals surface area contributed by atoms with Gasteiger partial charge in [-0.3, -0.25) is 9.72 Å². The van der Waals surface area contributed by atoms with Gasteiger partial charge in [-0.15, -0.1) is 0 Å². The average molecular weight is 459 g/mol. The van der Waals surface area contributed by atoms with Crippen molar-refractivity contribution < 1.29 is 23.0 Å². The number of aryl methyl sites for hydroxylation is 1. The number of hydrogen-bond donors (Lipinski definition) is 1. The number of nitrogens with zero attached hydrogens (tertiary/aromatic N) is 1. The van der Waals surface area contributed by atoms with Crippen molar-refractivity contribution in [3.8, 4) is 11.5 Å². The maximum atomic E-state index is 14.9. The van der Waals surface area contributed by atoms with E-state index in [1.807, 2.05) is 51.1 Å². The van der Waals surface area contributed by atoms with Crippen molar-refractivity contribution in [2.45, 2.75) is 43.8 Å². The molecule has 2 atom stereocenters. The monoisotopic (exact) mass is 458 g/mol. The molecule has 2 aromatic carbocycles. The van der Waals surface area contributed by atoms with E-state index in [2.05, 4.69) is 10.3 Å². The van der Waals surface area contributed by atoms with Gasteiger partial charge in [-0.05, 0) is 42.5 Å². The second kappa shape index (κ2) is 7.78. The molecule has 2 unspecified atom stereocenters. The summed E-state index contributed by atoms with van der Waals surface area (Å²) in [6, 6.07) is 14.0. The van der Waals surface area contributed by atoms with Gasteiger partial charge < -0.3 is 14.8 Å². The predicted molar refractivity (Wildman–Crippen MR) is 122 cm³/mol. The molecule has 0 radical (unpaired) electrons. The van der Waals surface area contributed by atoms with E-state index in [0.717, 1.165) is 16.6 Å². The lowest BCUT2D eigenvalue weighted by molar-refractivity contribution is 0.000669. The molecule has 0 saturated carbocycles. The molecule has 0 aliphatic carbocycles. The number of halogens is 2. The fourth-order valence-corrected chi connectivity index (χ4v) is 5.06. The summed E-state index contributed by atoms with van der Waals surface area (Å²) in [5.74, 6) is 1.14. The molecule has 5 nitrogen and oxygen atoms in total. The average Bonchev–Trinajstić information content (AvgIpc) is 3.08. The number of benzene rings is 2. The zero-order valence-corrected chi connectivity index (χ0v) is 18.8. The molecule has 1 N–H and O–H groups in total. The number of thioether (sulfide) groups is 1. The van der Waals surface area contributed by atoms with Gasteiger partial charge in [0.25, 0.3) is 0 Å². The first kappa shape index (κ1) is 21.3. The van der Waals surface area contributed by atoms with Crippen LogP contribution in [-0.4, -0.2) is 34.5 Å². The van der Waals surface area contributed by atoms with Gasteiger partial charge in [0.1, 0.15) is 0 Å². The number of fused-ring (bicyclic) bond motifs is 2. The van der Waals surface area contributed by atoms with E-state index in [1.54, 1.807) is 18.2 Å². The Hall–Kier alpha value is -2.58. The Morgan fingerprint density at radius 1 is 1.09 bits per heavy atom. The van der Waals surface area contributed by atoms with Crippen molar-refractivity contribution >= 4 is 28.4 Å². The largest absolute Gasteiger partial charge is 0.454 e. The Balaban J connectivity index is 1.63. The molecule has 3 heterocycles. The summed E-state index contributed by atoms with van der Waals surface area (Å²) in [6.45, 7) is 5.94. The first-order chi connectivity index (χ1) is 15.3. The molecule has 5 rings (SSSR count). The lowest BCUT2D eigenvalue weighted by atomic mass is 9.92. The van der Waals surface area contributed by atoms with E-state index < -0.39 is 17.8 Å². The molecule has 0 spiro atoms. The number of rotatable bonds is 7. The normalized spacial score (nSPS) is 21.7. The number of para-hydroxylation sites is 1. The Labute approximate surface area is 189 Å². The van der Waals surface area contributed by atoms with Crippen LogP contribution < -0.4 is 14.8 Å². The van der Waals surface area contributed by atoms with Gasteiger partial charge in [-0.25, -0.2) is 0 Å². The fourth-order valence-electron chi connectivity index (χ4n) is 4.08. The smallest absolute Gasteiger partial charge is 0.389 e. The fraction of sp³-hybridized carbons (Fsp3) is 0.375. The number of hydrogen-bond acceptors (Lipinski definition) is 6. The summed E-state index contributed by atoms with van der Waals surface area (Å²) in [5, 5.41) is 4.41. The second-order valence-electron chi connectivity index (χ2n) is 8.35. The van der Waals surface area contributed by atoms with Crippen LogP contribution in [0.5, 0.6) is 11.5 Å². The Kier molecular flexibility index (Phi) is 5.17. The van der Waals surface area contributed by atoms with E-state index in [0.29, 0.717) is 22.7 Å². The third-order valence-corrected chi connectivity index (χ3v) is 7.03. The van der Waals surface area contributed by atoms with Gasteiger partial charge in [-0.2, -0.15) is 20.5 Å². The minimum Gasteiger partial charge on any atom is -0.454 e. The molecule has 2 aliphatic rings. The topological polar surface area (TPSA) is 55.9 Å². The molecule has 1 aromatic heterocycles. The van der Waals surface area contributed by atoms with E-state index in [-0.39, 0.29) is 17.8 Å². The van der Waals surface area contributed by atoms with Gasteiger partial charge in [0.2, 0.25) is 6.79 Å². The van der Waals surface area contributed by atoms with E-state index in [9.17, 15) is 8.78 Å². The first-order valence-corrected chi connectivity index (χ1v) is 11.6. The van der Waals surface area contributed by atoms with E-state index in [1.165, 1.54) is 11.8 Å². The number of alkyl halides is 2.